The Labute approximate surface area is 169 Å². The Morgan fingerprint density at radius 2 is 1.82 bits per heavy atom. The highest BCUT2D eigenvalue weighted by Crippen LogP contribution is 2.17. The number of aromatic nitrogens is 1. The maximum absolute atomic E-state index is 12.5. The average Bonchev–Trinajstić information content (AvgIpc) is 3.09. The zero-order valence-electron chi connectivity index (χ0n) is 15.5. The first-order valence-electron chi connectivity index (χ1n) is 8.90. The van der Waals surface area contributed by atoms with Crippen LogP contribution < -0.4 is 5.32 Å². The van der Waals surface area contributed by atoms with Gasteiger partial charge in [0, 0.05) is 36.9 Å². The van der Waals surface area contributed by atoms with Crippen LogP contribution in [0.5, 0.6) is 0 Å². The highest BCUT2D eigenvalue weighted by atomic mass is 35.5. The first-order valence-corrected chi connectivity index (χ1v) is 10.7. The largest absolute Gasteiger partial charge is 0.355 e. The molecule has 0 spiro atoms. The predicted octanol–water partition coefficient (Wildman–Crippen LogP) is 3.12. The normalized spacial score (nSPS) is 11.8. The monoisotopic (exact) mass is 419 g/mol. The van der Waals surface area contributed by atoms with Crippen LogP contribution in [0.3, 0.4) is 0 Å². The van der Waals surface area contributed by atoms with Gasteiger partial charge in [0.1, 0.15) is 0 Å². The molecule has 0 bridgehead atoms. The number of likely N-dealkylation sites (N-methyl/N-ethyl adjacent to an activating group) is 1. The van der Waals surface area contributed by atoms with Crippen LogP contribution in [0.4, 0.5) is 0 Å². The first kappa shape index (κ1) is 20.4. The van der Waals surface area contributed by atoms with Crippen molar-refractivity contribution in [3.63, 3.8) is 0 Å². The number of fused-ring (bicyclic) bond motifs is 1. The van der Waals surface area contributed by atoms with Crippen LogP contribution >= 0.6 is 11.6 Å². The molecule has 0 aliphatic carbocycles. The number of hydrogen-bond donors (Lipinski definition) is 1. The summed E-state index contributed by atoms with van der Waals surface area (Å²) in [5.41, 5.74) is 1.16. The van der Waals surface area contributed by atoms with Crippen LogP contribution in [0.2, 0.25) is 5.02 Å². The summed E-state index contributed by atoms with van der Waals surface area (Å²) in [6, 6.07) is 16.0. The van der Waals surface area contributed by atoms with Gasteiger partial charge in [-0.05, 0) is 48.2 Å². The number of para-hydroxylation sites is 1. The van der Waals surface area contributed by atoms with Crippen molar-refractivity contribution in [3.05, 3.63) is 65.8 Å². The Morgan fingerprint density at radius 3 is 2.57 bits per heavy atom. The van der Waals surface area contributed by atoms with E-state index in [-0.39, 0.29) is 17.3 Å². The molecule has 2 aromatic carbocycles. The van der Waals surface area contributed by atoms with E-state index in [4.69, 9.17) is 11.6 Å². The predicted molar refractivity (Wildman–Crippen MR) is 111 cm³/mol. The quantitative estimate of drug-likeness (QED) is 0.570. The van der Waals surface area contributed by atoms with E-state index in [1.54, 1.807) is 0 Å². The Morgan fingerprint density at radius 1 is 1.11 bits per heavy atom. The minimum atomic E-state index is -3.73. The van der Waals surface area contributed by atoms with E-state index in [0.29, 0.717) is 11.6 Å². The molecule has 0 radical (unpaired) electrons. The lowest BCUT2D eigenvalue weighted by Gasteiger charge is -2.17. The number of aryl methyl sites for hydroxylation is 1. The van der Waals surface area contributed by atoms with Gasteiger partial charge in [0.05, 0.1) is 11.4 Å². The van der Waals surface area contributed by atoms with Crippen LogP contribution in [0, 0.1) is 0 Å². The number of carbonyl (C=O) groups excluding carboxylic acids is 1. The maximum Gasteiger partial charge on any atom is 0.243 e. The Bertz CT molecular complexity index is 1060. The second kappa shape index (κ2) is 8.77. The van der Waals surface area contributed by atoms with Gasteiger partial charge in [-0.25, -0.2) is 8.42 Å². The lowest BCUT2D eigenvalue weighted by Crippen LogP contribution is -2.38. The summed E-state index contributed by atoms with van der Waals surface area (Å²) in [4.78, 5) is 12.2. The van der Waals surface area contributed by atoms with Gasteiger partial charge in [0.15, 0.2) is 0 Å². The van der Waals surface area contributed by atoms with Gasteiger partial charge in [-0.1, -0.05) is 29.8 Å². The smallest absolute Gasteiger partial charge is 0.243 e. The molecule has 1 N–H and O–H groups in total. The average molecular weight is 420 g/mol. The van der Waals surface area contributed by atoms with Gasteiger partial charge >= 0.3 is 0 Å². The third-order valence-corrected chi connectivity index (χ3v) is 6.54. The van der Waals surface area contributed by atoms with Gasteiger partial charge < -0.3 is 9.88 Å². The van der Waals surface area contributed by atoms with Gasteiger partial charge in [-0.2, -0.15) is 4.31 Å². The zero-order chi connectivity index (χ0) is 20.1. The molecule has 8 heteroatoms. The number of nitrogens with zero attached hydrogens (tertiary/aromatic N) is 2. The Balaban J connectivity index is 1.48. The molecule has 3 aromatic rings. The first-order chi connectivity index (χ1) is 13.4. The number of rotatable bonds is 8. The molecule has 0 saturated carbocycles. The lowest BCUT2D eigenvalue weighted by molar-refractivity contribution is -0.121. The van der Waals surface area contributed by atoms with Crippen molar-refractivity contribution < 1.29 is 13.2 Å². The summed E-state index contributed by atoms with van der Waals surface area (Å²) in [5.74, 6) is -0.336. The topological polar surface area (TPSA) is 71.4 Å². The summed E-state index contributed by atoms with van der Waals surface area (Å²) in [7, 11) is -2.35. The second-order valence-corrected chi connectivity index (χ2v) is 8.97. The highest BCUT2D eigenvalue weighted by Gasteiger charge is 2.22. The fourth-order valence-corrected chi connectivity index (χ4v) is 4.20. The van der Waals surface area contributed by atoms with Crippen molar-refractivity contribution in [2.45, 2.75) is 17.9 Å². The summed E-state index contributed by atoms with van der Waals surface area (Å²) in [6.07, 6.45) is 2.77. The SMILES string of the molecule is CN(CC(=O)NCCCn1ccc2ccccc21)S(=O)(=O)c1ccc(Cl)cc1. The van der Waals surface area contributed by atoms with Crippen molar-refractivity contribution >= 4 is 38.4 Å². The molecule has 0 aliphatic rings. The molecule has 148 valence electrons. The van der Waals surface area contributed by atoms with E-state index < -0.39 is 10.0 Å². The van der Waals surface area contributed by atoms with E-state index >= 15 is 0 Å². The maximum atomic E-state index is 12.5. The van der Waals surface area contributed by atoms with Crippen LogP contribution in [-0.2, 0) is 21.4 Å². The third kappa shape index (κ3) is 4.73. The van der Waals surface area contributed by atoms with Crippen molar-refractivity contribution in [1.82, 2.24) is 14.2 Å². The van der Waals surface area contributed by atoms with Crippen molar-refractivity contribution in [2.75, 3.05) is 20.1 Å². The molecule has 3 rings (SSSR count). The minimum absolute atomic E-state index is 0.103. The van der Waals surface area contributed by atoms with Crippen LogP contribution in [-0.4, -0.2) is 43.3 Å². The third-order valence-electron chi connectivity index (χ3n) is 4.47. The van der Waals surface area contributed by atoms with Crippen molar-refractivity contribution in [2.24, 2.45) is 0 Å². The number of nitrogens with one attached hydrogen (secondary N) is 1. The molecule has 1 amide bonds. The van der Waals surface area contributed by atoms with Gasteiger partial charge in [-0.15, -0.1) is 0 Å². The fraction of sp³-hybridized carbons (Fsp3) is 0.250. The van der Waals surface area contributed by atoms with Crippen LogP contribution in [0.15, 0.2) is 65.7 Å². The van der Waals surface area contributed by atoms with E-state index in [9.17, 15) is 13.2 Å². The molecule has 0 atom stereocenters. The van der Waals surface area contributed by atoms with Crippen molar-refractivity contribution in [3.8, 4) is 0 Å². The number of halogens is 1. The van der Waals surface area contributed by atoms with E-state index in [0.717, 1.165) is 22.8 Å². The molecular weight excluding hydrogens is 398 g/mol. The van der Waals surface area contributed by atoms with Crippen molar-refractivity contribution in [1.29, 1.82) is 0 Å². The minimum Gasteiger partial charge on any atom is -0.355 e. The Kier molecular flexibility index (Phi) is 6.39. The fourth-order valence-electron chi connectivity index (χ4n) is 2.94. The molecule has 0 fully saturated rings. The molecular formula is C20H22ClN3O3S. The van der Waals surface area contributed by atoms with E-state index in [1.165, 1.54) is 36.7 Å². The number of hydrogen-bond acceptors (Lipinski definition) is 3. The van der Waals surface area contributed by atoms with Crippen LogP contribution in [0.25, 0.3) is 10.9 Å². The van der Waals surface area contributed by atoms with Gasteiger partial charge in [0.25, 0.3) is 0 Å². The van der Waals surface area contributed by atoms with Crippen LogP contribution in [0.1, 0.15) is 6.42 Å². The summed E-state index contributed by atoms with van der Waals surface area (Å²) in [6.45, 7) is 1.00. The molecule has 1 heterocycles. The number of carbonyl (C=O) groups is 1. The lowest BCUT2D eigenvalue weighted by atomic mass is 10.2. The molecule has 0 aliphatic heterocycles. The van der Waals surface area contributed by atoms with E-state index in [2.05, 4.69) is 28.1 Å². The second-order valence-electron chi connectivity index (χ2n) is 6.49. The molecule has 28 heavy (non-hydrogen) atoms. The highest BCUT2D eigenvalue weighted by molar-refractivity contribution is 7.89. The zero-order valence-corrected chi connectivity index (χ0v) is 17.1. The van der Waals surface area contributed by atoms with Gasteiger partial charge in [0.2, 0.25) is 15.9 Å². The number of amides is 1. The number of sulfonamides is 1. The molecule has 6 nitrogen and oxygen atoms in total. The number of benzene rings is 2. The molecule has 1 aromatic heterocycles. The molecule has 0 unspecified atom stereocenters. The summed E-state index contributed by atoms with van der Waals surface area (Å²) < 4.78 is 28.1. The Hall–Kier alpha value is -2.35. The summed E-state index contributed by atoms with van der Waals surface area (Å²) in [5, 5.41) is 4.41. The van der Waals surface area contributed by atoms with Gasteiger partial charge in [-0.3, -0.25) is 4.79 Å². The summed E-state index contributed by atoms with van der Waals surface area (Å²) >= 11 is 5.79. The molecule has 0 saturated heterocycles. The van der Waals surface area contributed by atoms with E-state index in [1.807, 2.05) is 18.3 Å². The standard InChI is InChI=1S/C20H22ClN3O3S/c1-23(28(26,27)18-9-7-17(21)8-10-18)15-20(25)22-12-4-13-24-14-11-16-5-2-3-6-19(16)24/h2-3,5-11,14H,4,12-13,15H2,1H3,(H,22,25).